The minimum absolute atomic E-state index is 0.0442. The summed E-state index contributed by atoms with van der Waals surface area (Å²) in [6.07, 6.45) is -0.0700. The number of ether oxygens (including phenoxy) is 2. The maximum atomic E-state index is 11.9. The smallest absolute Gasteiger partial charge is 0.333 e. The van der Waals surface area contributed by atoms with Crippen LogP contribution in [0.3, 0.4) is 0 Å². The van der Waals surface area contributed by atoms with Crippen LogP contribution in [-0.4, -0.2) is 30.1 Å². The van der Waals surface area contributed by atoms with Crippen molar-refractivity contribution < 1.29 is 23.9 Å². The second-order valence-corrected chi connectivity index (χ2v) is 5.66. The van der Waals surface area contributed by atoms with Crippen LogP contribution in [0.1, 0.15) is 19.8 Å². The van der Waals surface area contributed by atoms with E-state index < -0.39 is 35.5 Å². The lowest BCUT2D eigenvalue weighted by atomic mass is 9.73. The Kier molecular flexibility index (Phi) is 2.30. The molecule has 1 aliphatic heterocycles. The van der Waals surface area contributed by atoms with E-state index in [4.69, 9.17) is 15.2 Å². The number of amides is 1. The second kappa shape index (κ2) is 3.59. The van der Waals surface area contributed by atoms with Crippen LogP contribution in [0.4, 0.5) is 0 Å². The standard InChI is InChI=1S/C13H15NO5/c1-5(2)10(15)18-8-6-3-7-9(8)19-12(17)13(7,4-6)11(14)16/h6-9H,1,3-4H2,2H3,(H2,14,16). The summed E-state index contributed by atoms with van der Waals surface area (Å²) in [4.78, 5) is 35.2. The van der Waals surface area contributed by atoms with E-state index in [0.29, 0.717) is 18.4 Å². The predicted octanol–water partition coefficient (Wildman–Crippen LogP) is -0.0888. The largest absolute Gasteiger partial charge is 0.457 e. The predicted molar refractivity (Wildman–Crippen MR) is 62.4 cm³/mol. The summed E-state index contributed by atoms with van der Waals surface area (Å²) in [5.41, 5.74) is 4.49. The number of primary amides is 1. The summed E-state index contributed by atoms with van der Waals surface area (Å²) in [5.74, 6) is -1.99. The van der Waals surface area contributed by atoms with Gasteiger partial charge in [0.1, 0.15) is 12.2 Å². The first-order chi connectivity index (χ1) is 8.87. The Morgan fingerprint density at radius 2 is 2.21 bits per heavy atom. The molecule has 6 heteroatoms. The minimum atomic E-state index is -1.19. The quantitative estimate of drug-likeness (QED) is 0.437. The molecule has 0 aromatic carbocycles. The minimum Gasteiger partial charge on any atom is -0.457 e. The van der Waals surface area contributed by atoms with E-state index in [-0.39, 0.29) is 11.8 Å². The number of hydrogen-bond donors (Lipinski definition) is 1. The van der Waals surface area contributed by atoms with Gasteiger partial charge in [0, 0.05) is 17.4 Å². The normalized spacial score (nSPS) is 42.1. The van der Waals surface area contributed by atoms with Crippen LogP contribution < -0.4 is 5.73 Å². The average Bonchev–Trinajstić information content (AvgIpc) is 2.90. The van der Waals surface area contributed by atoms with Gasteiger partial charge < -0.3 is 15.2 Å². The average molecular weight is 265 g/mol. The number of nitrogens with two attached hydrogens (primary N) is 1. The van der Waals surface area contributed by atoms with Crippen molar-refractivity contribution in [2.24, 2.45) is 23.0 Å². The zero-order valence-electron chi connectivity index (χ0n) is 10.5. The SMILES string of the molecule is C=C(C)C(=O)OC1C2CC3C1OC(=O)C3(C(N)=O)C2. The van der Waals surface area contributed by atoms with Crippen LogP contribution in [0.5, 0.6) is 0 Å². The molecule has 1 saturated heterocycles. The highest BCUT2D eigenvalue weighted by atomic mass is 16.6. The van der Waals surface area contributed by atoms with Crippen LogP contribution in [0.2, 0.25) is 0 Å². The van der Waals surface area contributed by atoms with E-state index in [1.165, 1.54) is 0 Å². The summed E-state index contributed by atoms with van der Waals surface area (Å²) < 4.78 is 10.6. The number of rotatable bonds is 3. The summed E-state index contributed by atoms with van der Waals surface area (Å²) in [6, 6.07) is 0. The van der Waals surface area contributed by atoms with E-state index in [9.17, 15) is 14.4 Å². The van der Waals surface area contributed by atoms with Crippen molar-refractivity contribution in [3.8, 4) is 0 Å². The molecular formula is C13H15NO5. The first-order valence-electron chi connectivity index (χ1n) is 6.25. The molecule has 2 aliphatic carbocycles. The molecule has 102 valence electrons. The number of fused-ring (bicyclic) bond motifs is 1. The number of hydrogen-bond acceptors (Lipinski definition) is 5. The Morgan fingerprint density at radius 3 is 2.79 bits per heavy atom. The zero-order chi connectivity index (χ0) is 13.9. The first kappa shape index (κ1) is 12.2. The monoisotopic (exact) mass is 265 g/mol. The number of carbonyl (C=O) groups excluding carboxylic acids is 3. The Balaban J connectivity index is 1.87. The fourth-order valence-electron chi connectivity index (χ4n) is 3.72. The lowest BCUT2D eigenvalue weighted by molar-refractivity contribution is -0.158. The summed E-state index contributed by atoms with van der Waals surface area (Å²) in [7, 11) is 0. The molecule has 2 N–H and O–H groups in total. The maximum absolute atomic E-state index is 11.9. The van der Waals surface area contributed by atoms with Crippen LogP contribution >= 0.6 is 0 Å². The molecule has 5 unspecified atom stereocenters. The molecule has 3 rings (SSSR count). The van der Waals surface area contributed by atoms with Crippen LogP contribution in [0, 0.1) is 17.3 Å². The van der Waals surface area contributed by atoms with Crippen LogP contribution in [0.15, 0.2) is 12.2 Å². The second-order valence-electron chi connectivity index (χ2n) is 5.66. The van der Waals surface area contributed by atoms with Crippen molar-refractivity contribution in [3.05, 3.63) is 12.2 Å². The fourth-order valence-corrected chi connectivity index (χ4v) is 3.72. The highest BCUT2D eigenvalue weighted by Crippen LogP contribution is 2.62. The third-order valence-electron chi connectivity index (χ3n) is 4.60. The van der Waals surface area contributed by atoms with Crippen LogP contribution in [0.25, 0.3) is 0 Å². The molecular weight excluding hydrogens is 250 g/mol. The third-order valence-corrected chi connectivity index (χ3v) is 4.60. The van der Waals surface area contributed by atoms with Gasteiger partial charge in [-0.05, 0) is 19.8 Å². The molecule has 1 amide bonds. The molecule has 0 radical (unpaired) electrons. The Hall–Kier alpha value is -1.85. The summed E-state index contributed by atoms with van der Waals surface area (Å²) >= 11 is 0. The fraction of sp³-hybridized carbons (Fsp3) is 0.615. The topological polar surface area (TPSA) is 95.7 Å². The molecule has 19 heavy (non-hydrogen) atoms. The van der Waals surface area contributed by atoms with E-state index in [1.54, 1.807) is 6.92 Å². The lowest BCUT2D eigenvalue weighted by Gasteiger charge is -2.29. The molecule has 6 nitrogen and oxygen atoms in total. The number of esters is 2. The van der Waals surface area contributed by atoms with Gasteiger partial charge in [-0.1, -0.05) is 6.58 Å². The third kappa shape index (κ3) is 1.34. The van der Waals surface area contributed by atoms with Crippen molar-refractivity contribution >= 4 is 17.8 Å². The highest BCUT2D eigenvalue weighted by molar-refractivity contribution is 6.04. The van der Waals surface area contributed by atoms with Gasteiger partial charge in [-0.3, -0.25) is 9.59 Å². The van der Waals surface area contributed by atoms with Gasteiger partial charge in [0.05, 0.1) is 0 Å². The molecule has 0 spiro atoms. The van der Waals surface area contributed by atoms with Crippen molar-refractivity contribution in [2.75, 3.05) is 0 Å². The van der Waals surface area contributed by atoms with Gasteiger partial charge in [-0.2, -0.15) is 0 Å². The van der Waals surface area contributed by atoms with Gasteiger partial charge in [-0.25, -0.2) is 4.79 Å². The first-order valence-corrected chi connectivity index (χ1v) is 6.25. The van der Waals surface area contributed by atoms with Crippen molar-refractivity contribution in [1.82, 2.24) is 0 Å². The van der Waals surface area contributed by atoms with E-state index in [2.05, 4.69) is 6.58 Å². The van der Waals surface area contributed by atoms with Gasteiger partial charge in [-0.15, -0.1) is 0 Å². The Bertz CT molecular complexity index is 513. The van der Waals surface area contributed by atoms with Crippen molar-refractivity contribution in [2.45, 2.75) is 32.0 Å². The molecule has 1 heterocycles. The lowest BCUT2D eigenvalue weighted by Crippen LogP contribution is -2.47. The summed E-state index contributed by atoms with van der Waals surface area (Å²) in [5, 5.41) is 0. The molecule has 2 bridgehead atoms. The van der Waals surface area contributed by atoms with E-state index in [0.717, 1.165) is 0 Å². The molecule has 0 aromatic rings. The molecule has 0 aromatic heterocycles. The van der Waals surface area contributed by atoms with E-state index in [1.807, 2.05) is 0 Å². The van der Waals surface area contributed by atoms with Gasteiger partial charge in [0.15, 0.2) is 5.41 Å². The van der Waals surface area contributed by atoms with Gasteiger partial charge >= 0.3 is 11.9 Å². The van der Waals surface area contributed by atoms with E-state index >= 15 is 0 Å². The summed E-state index contributed by atoms with van der Waals surface area (Å²) in [6.45, 7) is 5.08. The maximum Gasteiger partial charge on any atom is 0.333 e. The molecule has 3 fully saturated rings. The zero-order valence-corrected chi connectivity index (χ0v) is 10.5. The van der Waals surface area contributed by atoms with Gasteiger partial charge in [0.25, 0.3) is 0 Å². The van der Waals surface area contributed by atoms with Crippen molar-refractivity contribution in [3.63, 3.8) is 0 Å². The Morgan fingerprint density at radius 1 is 1.53 bits per heavy atom. The molecule has 3 aliphatic rings. The highest BCUT2D eigenvalue weighted by Gasteiger charge is 2.74. The Labute approximate surface area is 109 Å². The van der Waals surface area contributed by atoms with Crippen molar-refractivity contribution in [1.29, 1.82) is 0 Å². The van der Waals surface area contributed by atoms with Gasteiger partial charge in [0.2, 0.25) is 5.91 Å². The molecule has 5 atom stereocenters. The van der Waals surface area contributed by atoms with Crippen LogP contribution in [-0.2, 0) is 23.9 Å². The number of carbonyl (C=O) groups is 3. The molecule has 2 saturated carbocycles.